The van der Waals surface area contributed by atoms with Crippen LogP contribution < -0.4 is 5.73 Å². The van der Waals surface area contributed by atoms with E-state index in [-0.39, 0.29) is 5.82 Å². The molecule has 10 heavy (non-hydrogen) atoms. The van der Waals surface area contributed by atoms with Gasteiger partial charge in [0, 0.05) is 11.3 Å². The molecule has 0 spiro atoms. The van der Waals surface area contributed by atoms with Crippen LogP contribution in [0.1, 0.15) is 11.1 Å². The Hall–Kier alpha value is -1.05. The second-order valence-corrected chi connectivity index (χ2v) is 2.40. The Labute approximate surface area is 59.7 Å². The van der Waals surface area contributed by atoms with Gasteiger partial charge in [0.1, 0.15) is 5.82 Å². The molecule has 0 aliphatic carbocycles. The van der Waals surface area contributed by atoms with E-state index >= 15 is 0 Å². The molecule has 2 N–H and O–H groups in total. The number of halogens is 1. The van der Waals surface area contributed by atoms with Crippen molar-refractivity contribution in [3.05, 3.63) is 29.1 Å². The van der Waals surface area contributed by atoms with Crippen molar-refractivity contribution in [2.24, 2.45) is 0 Å². The van der Waals surface area contributed by atoms with Crippen LogP contribution in [0.4, 0.5) is 10.1 Å². The Balaban J connectivity index is 3.34. The molecule has 0 saturated carbocycles. The first-order valence-corrected chi connectivity index (χ1v) is 3.14. The molecule has 0 aliphatic rings. The quantitative estimate of drug-likeness (QED) is 0.547. The van der Waals surface area contributed by atoms with Crippen LogP contribution >= 0.6 is 0 Å². The Kier molecular flexibility index (Phi) is 1.62. The van der Waals surface area contributed by atoms with Gasteiger partial charge in [-0.2, -0.15) is 0 Å². The van der Waals surface area contributed by atoms with Crippen molar-refractivity contribution in [1.29, 1.82) is 0 Å². The van der Waals surface area contributed by atoms with Crippen LogP contribution in [0.3, 0.4) is 0 Å². The Bertz CT molecular complexity index is 229. The Morgan fingerprint density at radius 2 is 1.90 bits per heavy atom. The van der Waals surface area contributed by atoms with Crippen LogP contribution in [0.2, 0.25) is 0 Å². The molecule has 0 heterocycles. The standard InChI is InChI=1S/C8H10FN/c1-5-3-4-7(9)6(2)8(5)10/h3-4H,10H2,1-2H3. The van der Waals surface area contributed by atoms with Crippen LogP contribution in [0, 0.1) is 19.7 Å². The minimum Gasteiger partial charge on any atom is -0.398 e. The fourth-order valence-electron chi connectivity index (χ4n) is 0.837. The predicted octanol–water partition coefficient (Wildman–Crippen LogP) is 2.02. The Morgan fingerprint density at radius 1 is 1.30 bits per heavy atom. The number of anilines is 1. The third-order valence-corrected chi connectivity index (χ3v) is 1.67. The summed E-state index contributed by atoms with van der Waals surface area (Å²) in [6.45, 7) is 3.54. The van der Waals surface area contributed by atoms with E-state index in [1.165, 1.54) is 6.07 Å². The second-order valence-electron chi connectivity index (χ2n) is 2.40. The fraction of sp³-hybridized carbons (Fsp3) is 0.250. The number of nitrogens with two attached hydrogens (primary N) is 1. The molecule has 2 heteroatoms. The number of benzene rings is 1. The normalized spacial score (nSPS) is 9.90. The van der Waals surface area contributed by atoms with Gasteiger partial charge in [0.15, 0.2) is 0 Å². The van der Waals surface area contributed by atoms with Crippen LogP contribution in [0.25, 0.3) is 0 Å². The molecular weight excluding hydrogens is 129 g/mol. The SMILES string of the molecule is Cc1ccc(F)c(C)c1N. The fourth-order valence-corrected chi connectivity index (χ4v) is 0.837. The van der Waals surface area contributed by atoms with Gasteiger partial charge in [-0.1, -0.05) is 6.07 Å². The van der Waals surface area contributed by atoms with Crippen molar-refractivity contribution in [3.63, 3.8) is 0 Å². The molecule has 0 bridgehead atoms. The van der Waals surface area contributed by atoms with Crippen molar-refractivity contribution in [3.8, 4) is 0 Å². The van der Waals surface area contributed by atoms with Crippen LogP contribution in [-0.2, 0) is 0 Å². The minimum atomic E-state index is -0.233. The molecule has 0 fully saturated rings. The number of rotatable bonds is 0. The number of hydrogen-bond acceptors (Lipinski definition) is 1. The highest BCUT2D eigenvalue weighted by Gasteiger charge is 2.01. The summed E-state index contributed by atoms with van der Waals surface area (Å²) < 4.78 is 12.7. The zero-order valence-electron chi connectivity index (χ0n) is 6.11. The van der Waals surface area contributed by atoms with Crippen molar-refractivity contribution in [2.45, 2.75) is 13.8 Å². The zero-order chi connectivity index (χ0) is 7.72. The van der Waals surface area contributed by atoms with Gasteiger partial charge in [0.25, 0.3) is 0 Å². The molecule has 0 saturated heterocycles. The maximum Gasteiger partial charge on any atom is 0.128 e. The number of hydrogen-bond donors (Lipinski definition) is 1. The summed E-state index contributed by atoms with van der Waals surface area (Å²) in [5.74, 6) is -0.233. The number of aryl methyl sites for hydroxylation is 1. The van der Waals surface area contributed by atoms with Crippen LogP contribution in [0.5, 0.6) is 0 Å². The van der Waals surface area contributed by atoms with Crippen molar-refractivity contribution in [2.75, 3.05) is 5.73 Å². The topological polar surface area (TPSA) is 26.0 Å². The predicted molar refractivity (Wildman–Crippen MR) is 40.3 cm³/mol. The first kappa shape index (κ1) is 7.06. The molecule has 0 aromatic heterocycles. The monoisotopic (exact) mass is 139 g/mol. The van der Waals surface area contributed by atoms with Gasteiger partial charge in [0.05, 0.1) is 0 Å². The highest BCUT2D eigenvalue weighted by atomic mass is 19.1. The second kappa shape index (κ2) is 2.29. The average molecular weight is 139 g/mol. The third-order valence-electron chi connectivity index (χ3n) is 1.67. The van der Waals surface area contributed by atoms with E-state index in [1.54, 1.807) is 13.0 Å². The summed E-state index contributed by atoms with van der Waals surface area (Å²) in [4.78, 5) is 0. The summed E-state index contributed by atoms with van der Waals surface area (Å²) in [7, 11) is 0. The summed E-state index contributed by atoms with van der Waals surface area (Å²) in [6.07, 6.45) is 0. The van der Waals surface area contributed by atoms with Crippen LogP contribution in [-0.4, -0.2) is 0 Å². The van der Waals surface area contributed by atoms with Gasteiger partial charge >= 0.3 is 0 Å². The molecule has 0 unspecified atom stereocenters. The van der Waals surface area contributed by atoms with Gasteiger partial charge in [-0.3, -0.25) is 0 Å². The lowest BCUT2D eigenvalue weighted by Crippen LogP contribution is -1.95. The molecule has 0 amide bonds. The lowest BCUT2D eigenvalue weighted by atomic mass is 10.1. The summed E-state index contributed by atoms with van der Waals surface area (Å²) in [5, 5.41) is 0. The molecule has 1 aromatic rings. The third kappa shape index (κ3) is 0.967. The largest absolute Gasteiger partial charge is 0.398 e. The van der Waals surface area contributed by atoms with Gasteiger partial charge in [-0.05, 0) is 25.5 Å². The summed E-state index contributed by atoms with van der Waals surface area (Å²) in [5.41, 5.74) is 7.57. The first-order chi connectivity index (χ1) is 4.63. The van der Waals surface area contributed by atoms with E-state index in [2.05, 4.69) is 0 Å². The van der Waals surface area contributed by atoms with E-state index < -0.39 is 0 Å². The van der Waals surface area contributed by atoms with E-state index in [4.69, 9.17) is 5.73 Å². The molecule has 1 rings (SSSR count). The van der Waals surface area contributed by atoms with E-state index in [0.29, 0.717) is 11.3 Å². The number of nitrogen functional groups attached to an aromatic ring is 1. The van der Waals surface area contributed by atoms with E-state index in [1.807, 2.05) is 6.92 Å². The summed E-state index contributed by atoms with van der Waals surface area (Å²) in [6, 6.07) is 3.11. The van der Waals surface area contributed by atoms with Crippen LogP contribution in [0.15, 0.2) is 12.1 Å². The van der Waals surface area contributed by atoms with Gasteiger partial charge in [-0.15, -0.1) is 0 Å². The van der Waals surface area contributed by atoms with Crippen molar-refractivity contribution < 1.29 is 4.39 Å². The maximum atomic E-state index is 12.7. The lowest BCUT2D eigenvalue weighted by Gasteiger charge is -2.03. The van der Waals surface area contributed by atoms with Crippen molar-refractivity contribution >= 4 is 5.69 Å². The summed E-state index contributed by atoms with van der Waals surface area (Å²) >= 11 is 0. The smallest absolute Gasteiger partial charge is 0.128 e. The van der Waals surface area contributed by atoms with E-state index in [0.717, 1.165) is 5.56 Å². The molecule has 0 radical (unpaired) electrons. The van der Waals surface area contributed by atoms with Gasteiger partial charge < -0.3 is 5.73 Å². The zero-order valence-corrected chi connectivity index (χ0v) is 6.11. The molecular formula is C8H10FN. The highest BCUT2D eigenvalue weighted by Crippen LogP contribution is 2.18. The highest BCUT2D eigenvalue weighted by molar-refractivity contribution is 5.52. The van der Waals surface area contributed by atoms with E-state index in [9.17, 15) is 4.39 Å². The maximum absolute atomic E-state index is 12.7. The molecule has 0 atom stereocenters. The van der Waals surface area contributed by atoms with Gasteiger partial charge in [-0.25, -0.2) is 4.39 Å². The van der Waals surface area contributed by atoms with Crippen molar-refractivity contribution in [1.82, 2.24) is 0 Å². The molecule has 1 nitrogen and oxygen atoms in total. The molecule has 0 aliphatic heterocycles. The Morgan fingerprint density at radius 3 is 2.40 bits per heavy atom. The minimum absolute atomic E-state index is 0.233. The van der Waals surface area contributed by atoms with Gasteiger partial charge in [0.2, 0.25) is 0 Å². The first-order valence-electron chi connectivity index (χ1n) is 3.14. The molecule has 1 aromatic carbocycles. The lowest BCUT2D eigenvalue weighted by molar-refractivity contribution is 0.619. The molecule has 54 valence electrons. The average Bonchev–Trinajstić information content (AvgIpc) is 1.93.